The van der Waals surface area contributed by atoms with Crippen LogP contribution in [0.2, 0.25) is 0 Å². The molecule has 2 aromatic heterocycles. The molecule has 32 heavy (non-hydrogen) atoms. The first kappa shape index (κ1) is 22.3. The number of aryl methyl sites for hydroxylation is 1. The predicted molar refractivity (Wildman–Crippen MR) is 118 cm³/mol. The molecule has 1 N–H and O–H groups in total. The van der Waals surface area contributed by atoms with Crippen molar-refractivity contribution < 1.29 is 17.9 Å². The van der Waals surface area contributed by atoms with E-state index >= 15 is 0 Å². The summed E-state index contributed by atoms with van der Waals surface area (Å²) in [5.74, 6) is 0.491. The zero-order chi connectivity index (χ0) is 23.0. The van der Waals surface area contributed by atoms with Crippen molar-refractivity contribution in [2.45, 2.75) is 46.0 Å². The summed E-state index contributed by atoms with van der Waals surface area (Å²) in [7, 11) is 0. The number of anilines is 2. The van der Waals surface area contributed by atoms with Crippen molar-refractivity contribution in [2.24, 2.45) is 0 Å². The smallest absolute Gasteiger partial charge is 0.377 e. The van der Waals surface area contributed by atoms with Crippen molar-refractivity contribution in [2.75, 3.05) is 30.0 Å². The van der Waals surface area contributed by atoms with Crippen molar-refractivity contribution in [3.05, 3.63) is 52.8 Å². The largest absolute Gasteiger partial charge is 0.416 e. The van der Waals surface area contributed by atoms with Gasteiger partial charge in [-0.3, -0.25) is 4.98 Å². The number of alkyl halides is 3. The van der Waals surface area contributed by atoms with Gasteiger partial charge in [0.2, 0.25) is 0 Å². The van der Waals surface area contributed by atoms with Gasteiger partial charge in [0.1, 0.15) is 0 Å². The maximum Gasteiger partial charge on any atom is 0.416 e. The van der Waals surface area contributed by atoms with Crippen LogP contribution < -0.4 is 10.2 Å². The summed E-state index contributed by atoms with van der Waals surface area (Å²) < 4.78 is 45.6. The SMILES string of the molecule is Cc1c([C@@H](C)Nc2nnc(C)c3ncc(N4CCOC[C@@H]4C)cc23)cccc1C(F)(F)F. The Bertz CT molecular complexity index is 1130. The maximum atomic E-state index is 13.4. The first-order valence-corrected chi connectivity index (χ1v) is 10.6. The lowest BCUT2D eigenvalue weighted by atomic mass is 9.97. The van der Waals surface area contributed by atoms with Gasteiger partial charge in [-0.15, -0.1) is 5.10 Å². The molecule has 2 atom stereocenters. The zero-order valence-electron chi connectivity index (χ0n) is 18.5. The Balaban J connectivity index is 1.72. The minimum absolute atomic E-state index is 0.199. The number of benzene rings is 1. The highest BCUT2D eigenvalue weighted by atomic mass is 19.4. The second-order valence-corrected chi connectivity index (χ2v) is 8.22. The molecule has 3 heterocycles. The second kappa shape index (κ2) is 8.54. The predicted octanol–water partition coefficient (Wildman–Crippen LogP) is 5.06. The quantitative estimate of drug-likeness (QED) is 0.606. The lowest BCUT2D eigenvalue weighted by Crippen LogP contribution is -2.43. The fraction of sp³-hybridized carbons (Fsp3) is 0.435. The maximum absolute atomic E-state index is 13.4. The van der Waals surface area contributed by atoms with Gasteiger partial charge < -0.3 is 15.0 Å². The number of morpholine rings is 1. The molecule has 0 amide bonds. The third kappa shape index (κ3) is 4.21. The molecule has 0 unspecified atom stereocenters. The normalized spacial score (nSPS) is 18.1. The molecule has 4 rings (SSSR count). The van der Waals surface area contributed by atoms with E-state index in [-0.39, 0.29) is 11.6 Å². The van der Waals surface area contributed by atoms with Crippen molar-refractivity contribution in [1.82, 2.24) is 15.2 Å². The molecule has 3 aromatic rings. The van der Waals surface area contributed by atoms with Gasteiger partial charge in [0, 0.05) is 18.0 Å². The first-order chi connectivity index (χ1) is 15.2. The van der Waals surface area contributed by atoms with E-state index in [0.29, 0.717) is 35.8 Å². The van der Waals surface area contributed by atoms with Gasteiger partial charge in [-0.2, -0.15) is 18.3 Å². The average Bonchev–Trinajstić information content (AvgIpc) is 2.75. The highest BCUT2D eigenvalue weighted by molar-refractivity contribution is 5.92. The Morgan fingerprint density at radius 2 is 2.00 bits per heavy atom. The van der Waals surface area contributed by atoms with Crippen LogP contribution in [0.1, 0.15) is 42.3 Å². The Kier molecular flexibility index (Phi) is 5.94. The summed E-state index contributed by atoms with van der Waals surface area (Å²) in [4.78, 5) is 6.85. The minimum Gasteiger partial charge on any atom is -0.377 e. The molecule has 9 heteroatoms. The first-order valence-electron chi connectivity index (χ1n) is 10.6. The van der Waals surface area contributed by atoms with Crippen molar-refractivity contribution in [1.29, 1.82) is 0 Å². The molecule has 6 nitrogen and oxygen atoms in total. The van der Waals surface area contributed by atoms with Gasteiger partial charge in [0.05, 0.1) is 47.9 Å². The Morgan fingerprint density at radius 3 is 2.72 bits per heavy atom. The minimum atomic E-state index is -4.40. The summed E-state index contributed by atoms with van der Waals surface area (Å²) in [6, 6.07) is 6.05. The van der Waals surface area contributed by atoms with Crippen LogP contribution in [0.5, 0.6) is 0 Å². The van der Waals surface area contributed by atoms with Crippen LogP contribution in [0.3, 0.4) is 0 Å². The number of hydrogen-bond acceptors (Lipinski definition) is 6. The monoisotopic (exact) mass is 445 g/mol. The van der Waals surface area contributed by atoms with Crippen LogP contribution in [0.25, 0.3) is 10.9 Å². The number of halogens is 3. The van der Waals surface area contributed by atoms with E-state index in [2.05, 4.69) is 32.3 Å². The molecule has 0 saturated carbocycles. The van der Waals surface area contributed by atoms with Gasteiger partial charge in [-0.25, -0.2) is 0 Å². The highest BCUT2D eigenvalue weighted by Gasteiger charge is 2.33. The summed E-state index contributed by atoms with van der Waals surface area (Å²) in [5, 5.41) is 12.6. The second-order valence-electron chi connectivity index (χ2n) is 8.22. The third-order valence-corrected chi connectivity index (χ3v) is 5.97. The van der Waals surface area contributed by atoms with Crippen LogP contribution in [-0.4, -0.2) is 41.0 Å². The number of rotatable bonds is 4. The van der Waals surface area contributed by atoms with Gasteiger partial charge in [0.25, 0.3) is 0 Å². The molecule has 1 aliphatic heterocycles. The Hall–Kier alpha value is -2.94. The van der Waals surface area contributed by atoms with Crippen LogP contribution in [0.4, 0.5) is 24.7 Å². The summed E-state index contributed by atoms with van der Waals surface area (Å²) >= 11 is 0. The van der Waals surface area contributed by atoms with Crippen LogP contribution in [-0.2, 0) is 10.9 Å². The average molecular weight is 445 g/mol. The topological polar surface area (TPSA) is 63.2 Å². The van der Waals surface area contributed by atoms with Gasteiger partial charge >= 0.3 is 6.18 Å². The summed E-state index contributed by atoms with van der Waals surface area (Å²) in [6.07, 6.45) is -2.58. The Labute approximate surface area is 184 Å². The van der Waals surface area contributed by atoms with Crippen LogP contribution in [0.15, 0.2) is 30.5 Å². The van der Waals surface area contributed by atoms with Crippen LogP contribution in [0, 0.1) is 13.8 Å². The molecule has 0 radical (unpaired) electrons. The van der Waals surface area contributed by atoms with E-state index in [4.69, 9.17) is 4.74 Å². The lowest BCUT2D eigenvalue weighted by molar-refractivity contribution is -0.138. The number of ether oxygens (including phenoxy) is 1. The molecular formula is C23H26F3N5O. The molecule has 170 valence electrons. The molecule has 1 saturated heterocycles. The molecular weight excluding hydrogens is 419 g/mol. The zero-order valence-corrected chi connectivity index (χ0v) is 18.5. The van der Waals surface area contributed by atoms with E-state index in [1.807, 2.05) is 26.1 Å². The highest BCUT2D eigenvalue weighted by Crippen LogP contribution is 2.36. The van der Waals surface area contributed by atoms with E-state index in [1.165, 1.54) is 13.0 Å². The van der Waals surface area contributed by atoms with Crippen molar-refractivity contribution >= 4 is 22.4 Å². The number of pyridine rings is 1. The van der Waals surface area contributed by atoms with Crippen LogP contribution >= 0.6 is 0 Å². The third-order valence-electron chi connectivity index (χ3n) is 5.97. The molecule has 0 aliphatic carbocycles. The number of aromatic nitrogens is 3. The summed E-state index contributed by atoms with van der Waals surface area (Å²) in [6.45, 7) is 9.29. The van der Waals surface area contributed by atoms with Gasteiger partial charge in [0.15, 0.2) is 5.82 Å². The molecule has 0 bridgehead atoms. The number of hydrogen-bond donors (Lipinski definition) is 1. The molecule has 1 aliphatic rings. The number of nitrogens with zero attached hydrogens (tertiary/aromatic N) is 4. The molecule has 1 aromatic carbocycles. The molecule has 1 fully saturated rings. The van der Waals surface area contributed by atoms with Crippen molar-refractivity contribution in [3.63, 3.8) is 0 Å². The van der Waals surface area contributed by atoms with Gasteiger partial charge in [-0.05, 0) is 51.0 Å². The molecule has 0 spiro atoms. The lowest BCUT2D eigenvalue weighted by Gasteiger charge is -2.35. The standard InChI is InChI=1S/C23H26F3N5O/c1-13-12-32-9-8-31(13)17-10-19-21(27-11-17)16(4)29-30-22(19)28-15(3)18-6-5-7-20(14(18)2)23(24,25)26/h5-7,10-11,13,15H,8-9,12H2,1-4H3,(H,28,30)/t13-,15+/m0/s1. The van der Waals surface area contributed by atoms with E-state index in [9.17, 15) is 13.2 Å². The Morgan fingerprint density at radius 1 is 1.22 bits per heavy atom. The van der Waals surface area contributed by atoms with Crippen molar-refractivity contribution in [3.8, 4) is 0 Å². The van der Waals surface area contributed by atoms with E-state index in [0.717, 1.165) is 23.7 Å². The fourth-order valence-corrected chi connectivity index (χ4v) is 4.24. The van der Waals surface area contributed by atoms with E-state index in [1.54, 1.807) is 6.07 Å². The number of fused-ring (bicyclic) bond motifs is 1. The van der Waals surface area contributed by atoms with Gasteiger partial charge in [-0.1, -0.05) is 12.1 Å². The fourth-order valence-electron chi connectivity index (χ4n) is 4.24. The number of nitrogens with one attached hydrogen (secondary N) is 1. The van der Waals surface area contributed by atoms with E-state index < -0.39 is 17.8 Å². The summed E-state index contributed by atoms with van der Waals surface area (Å²) in [5.41, 5.74) is 2.47.